The minimum Gasteiger partial charge on any atom is -0.373 e. The molecule has 2 rings (SSSR count). The molecule has 0 bridgehead atoms. The highest BCUT2D eigenvalue weighted by atomic mass is 16.1. The summed E-state index contributed by atoms with van der Waals surface area (Å²) < 4.78 is 0. The summed E-state index contributed by atoms with van der Waals surface area (Å²) in [6.45, 7) is 4.92. The summed E-state index contributed by atoms with van der Waals surface area (Å²) in [5, 5.41) is 6.10. The summed E-state index contributed by atoms with van der Waals surface area (Å²) in [6, 6.07) is 3.64. The van der Waals surface area contributed by atoms with E-state index >= 15 is 0 Å². The summed E-state index contributed by atoms with van der Waals surface area (Å²) in [4.78, 5) is 16.6. The van der Waals surface area contributed by atoms with Crippen molar-refractivity contribution in [1.29, 1.82) is 0 Å². The molecule has 0 saturated heterocycles. The molecular formula is C16H25N3O. The van der Waals surface area contributed by atoms with E-state index in [-0.39, 0.29) is 5.91 Å². The second-order valence-electron chi connectivity index (χ2n) is 5.88. The van der Waals surface area contributed by atoms with Crippen LogP contribution in [0.4, 0.5) is 5.82 Å². The standard InChI is InChI=1S/C16H25N3O/c1-4-16(7-5-6-8-16)11-18-15(20)13-9-12(2)19-14(10-13)17-3/h9-10H,4-8,11H2,1-3H3,(H,17,19)(H,18,20). The van der Waals surface area contributed by atoms with Crippen LogP contribution in [0.15, 0.2) is 12.1 Å². The number of carbonyl (C=O) groups excluding carboxylic acids is 1. The zero-order valence-electron chi connectivity index (χ0n) is 12.8. The molecule has 1 saturated carbocycles. The molecular weight excluding hydrogens is 250 g/mol. The summed E-state index contributed by atoms with van der Waals surface area (Å²) in [7, 11) is 1.81. The van der Waals surface area contributed by atoms with Gasteiger partial charge in [0.05, 0.1) is 0 Å². The molecule has 0 radical (unpaired) electrons. The van der Waals surface area contributed by atoms with E-state index in [1.165, 1.54) is 25.7 Å². The number of anilines is 1. The lowest BCUT2D eigenvalue weighted by Crippen LogP contribution is -2.35. The second kappa shape index (κ2) is 6.25. The van der Waals surface area contributed by atoms with E-state index in [2.05, 4.69) is 22.5 Å². The van der Waals surface area contributed by atoms with Crippen LogP contribution >= 0.6 is 0 Å². The van der Waals surface area contributed by atoms with Crippen molar-refractivity contribution in [3.63, 3.8) is 0 Å². The number of nitrogens with one attached hydrogen (secondary N) is 2. The predicted molar refractivity (Wildman–Crippen MR) is 82.0 cm³/mol. The first-order valence-corrected chi connectivity index (χ1v) is 7.53. The van der Waals surface area contributed by atoms with E-state index in [4.69, 9.17) is 0 Å². The van der Waals surface area contributed by atoms with Gasteiger partial charge in [0.2, 0.25) is 0 Å². The van der Waals surface area contributed by atoms with Crippen molar-refractivity contribution in [3.05, 3.63) is 23.4 Å². The highest BCUT2D eigenvalue weighted by Crippen LogP contribution is 2.40. The third kappa shape index (κ3) is 3.30. The van der Waals surface area contributed by atoms with Crippen molar-refractivity contribution in [3.8, 4) is 0 Å². The first-order valence-electron chi connectivity index (χ1n) is 7.53. The van der Waals surface area contributed by atoms with Gasteiger partial charge in [-0.05, 0) is 43.7 Å². The van der Waals surface area contributed by atoms with E-state index in [9.17, 15) is 4.79 Å². The van der Waals surface area contributed by atoms with Crippen LogP contribution in [0, 0.1) is 12.3 Å². The first-order chi connectivity index (χ1) is 9.58. The van der Waals surface area contributed by atoms with E-state index in [0.717, 1.165) is 24.5 Å². The Morgan fingerprint density at radius 3 is 2.65 bits per heavy atom. The maximum atomic E-state index is 12.3. The van der Waals surface area contributed by atoms with Gasteiger partial charge in [-0.1, -0.05) is 19.8 Å². The zero-order chi connectivity index (χ0) is 14.6. The molecule has 4 heteroatoms. The third-order valence-corrected chi connectivity index (χ3v) is 4.51. The monoisotopic (exact) mass is 275 g/mol. The SMILES string of the molecule is CCC1(CNC(=O)c2cc(C)nc(NC)c2)CCCC1. The van der Waals surface area contributed by atoms with Gasteiger partial charge in [0.25, 0.3) is 5.91 Å². The van der Waals surface area contributed by atoms with Gasteiger partial charge in [0.15, 0.2) is 0 Å². The maximum absolute atomic E-state index is 12.3. The van der Waals surface area contributed by atoms with E-state index in [1.54, 1.807) is 6.07 Å². The lowest BCUT2D eigenvalue weighted by Gasteiger charge is -2.27. The van der Waals surface area contributed by atoms with Crippen LogP contribution in [0.5, 0.6) is 0 Å². The van der Waals surface area contributed by atoms with Crippen molar-refractivity contribution in [2.45, 2.75) is 46.0 Å². The molecule has 110 valence electrons. The lowest BCUT2D eigenvalue weighted by molar-refractivity contribution is 0.0928. The first kappa shape index (κ1) is 14.8. The van der Waals surface area contributed by atoms with Gasteiger partial charge in [0.1, 0.15) is 5.82 Å². The number of nitrogens with zero attached hydrogens (tertiary/aromatic N) is 1. The quantitative estimate of drug-likeness (QED) is 0.868. The van der Waals surface area contributed by atoms with Gasteiger partial charge >= 0.3 is 0 Å². The summed E-state index contributed by atoms with van der Waals surface area (Å²) in [5.74, 6) is 0.743. The summed E-state index contributed by atoms with van der Waals surface area (Å²) >= 11 is 0. The minimum absolute atomic E-state index is 0.00623. The van der Waals surface area contributed by atoms with Gasteiger partial charge in [0, 0.05) is 24.8 Å². The minimum atomic E-state index is 0.00623. The summed E-state index contributed by atoms with van der Waals surface area (Å²) in [6.07, 6.45) is 6.20. The van der Waals surface area contributed by atoms with E-state index in [0.29, 0.717) is 11.0 Å². The average molecular weight is 275 g/mol. The van der Waals surface area contributed by atoms with Gasteiger partial charge in [-0.25, -0.2) is 4.98 Å². The number of amides is 1. The van der Waals surface area contributed by atoms with E-state index < -0.39 is 0 Å². The molecule has 0 aromatic carbocycles. The van der Waals surface area contributed by atoms with Crippen LogP contribution in [0.3, 0.4) is 0 Å². The van der Waals surface area contributed by atoms with Crippen molar-refractivity contribution < 1.29 is 4.79 Å². The number of carbonyl (C=O) groups is 1. The number of rotatable bonds is 5. The number of hydrogen-bond acceptors (Lipinski definition) is 3. The average Bonchev–Trinajstić information content (AvgIpc) is 2.93. The Labute approximate surface area is 121 Å². The fraction of sp³-hybridized carbons (Fsp3) is 0.625. The molecule has 1 aliphatic rings. The topological polar surface area (TPSA) is 54.0 Å². The van der Waals surface area contributed by atoms with Crippen molar-refractivity contribution in [1.82, 2.24) is 10.3 Å². The maximum Gasteiger partial charge on any atom is 0.251 e. The smallest absolute Gasteiger partial charge is 0.251 e. The van der Waals surface area contributed by atoms with Crippen molar-refractivity contribution in [2.24, 2.45) is 5.41 Å². The molecule has 1 aromatic heterocycles. The summed E-state index contributed by atoms with van der Waals surface area (Å²) in [5.41, 5.74) is 1.86. The van der Waals surface area contributed by atoms with Crippen LogP contribution < -0.4 is 10.6 Å². The fourth-order valence-electron chi connectivity index (χ4n) is 3.08. The Bertz CT molecular complexity index is 479. The predicted octanol–water partition coefficient (Wildman–Crippen LogP) is 3.13. The zero-order valence-corrected chi connectivity index (χ0v) is 12.8. The Morgan fingerprint density at radius 1 is 1.35 bits per heavy atom. The molecule has 4 nitrogen and oxygen atoms in total. The van der Waals surface area contributed by atoms with E-state index in [1.807, 2.05) is 20.0 Å². The molecule has 20 heavy (non-hydrogen) atoms. The Kier molecular flexibility index (Phi) is 4.63. The Morgan fingerprint density at radius 2 is 2.05 bits per heavy atom. The van der Waals surface area contributed by atoms with Gasteiger partial charge < -0.3 is 10.6 Å². The molecule has 0 atom stereocenters. The molecule has 1 aliphatic carbocycles. The normalized spacial score (nSPS) is 16.9. The van der Waals surface area contributed by atoms with Crippen LogP contribution in [0.1, 0.15) is 55.1 Å². The van der Waals surface area contributed by atoms with Crippen LogP contribution in [-0.2, 0) is 0 Å². The van der Waals surface area contributed by atoms with Crippen LogP contribution in [0.2, 0.25) is 0 Å². The van der Waals surface area contributed by atoms with Crippen LogP contribution in [0.25, 0.3) is 0 Å². The molecule has 1 heterocycles. The molecule has 0 unspecified atom stereocenters. The molecule has 1 fully saturated rings. The number of hydrogen-bond donors (Lipinski definition) is 2. The largest absolute Gasteiger partial charge is 0.373 e. The Hall–Kier alpha value is -1.58. The van der Waals surface area contributed by atoms with Gasteiger partial charge in [-0.2, -0.15) is 0 Å². The van der Waals surface area contributed by atoms with Crippen LogP contribution in [-0.4, -0.2) is 24.5 Å². The Balaban J connectivity index is 2.03. The van der Waals surface area contributed by atoms with Crippen molar-refractivity contribution >= 4 is 11.7 Å². The molecule has 0 spiro atoms. The molecule has 2 N–H and O–H groups in total. The molecule has 1 amide bonds. The molecule has 1 aromatic rings. The lowest BCUT2D eigenvalue weighted by atomic mass is 9.83. The fourth-order valence-corrected chi connectivity index (χ4v) is 3.08. The highest BCUT2D eigenvalue weighted by molar-refractivity contribution is 5.95. The van der Waals surface area contributed by atoms with Gasteiger partial charge in [-0.15, -0.1) is 0 Å². The number of aromatic nitrogens is 1. The highest BCUT2D eigenvalue weighted by Gasteiger charge is 2.32. The second-order valence-corrected chi connectivity index (χ2v) is 5.88. The third-order valence-electron chi connectivity index (χ3n) is 4.51. The number of pyridine rings is 1. The van der Waals surface area contributed by atoms with Gasteiger partial charge in [-0.3, -0.25) is 4.79 Å². The number of aryl methyl sites for hydroxylation is 1. The molecule has 0 aliphatic heterocycles. The van der Waals surface area contributed by atoms with Crippen molar-refractivity contribution in [2.75, 3.05) is 18.9 Å².